The van der Waals surface area contributed by atoms with Gasteiger partial charge in [-0.2, -0.15) is 0 Å². The average molecular weight is 611 g/mol. The summed E-state index contributed by atoms with van der Waals surface area (Å²) in [7, 11) is 2.75. The monoisotopic (exact) mass is 609 g/mol. The third-order valence-corrected chi connectivity index (χ3v) is 8.46. The highest BCUT2D eigenvalue weighted by Crippen LogP contribution is 2.57. The van der Waals surface area contributed by atoms with Gasteiger partial charge in [0.2, 0.25) is 11.8 Å². The molecular weight excluding hydrogens is 577 g/mol. The van der Waals surface area contributed by atoms with Crippen molar-refractivity contribution in [3.05, 3.63) is 87.4 Å². The molecule has 4 atom stereocenters. The lowest BCUT2D eigenvalue weighted by atomic mass is 9.62. The van der Waals surface area contributed by atoms with Crippen LogP contribution in [0, 0.1) is 5.41 Å². The number of amides is 2. The molecule has 1 fully saturated rings. The van der Waals surface area contributed by atoms with E-state index in [4.69, 9.17) is 32.7 Å². The zero-order chi connectivity index (χ0) is 30.4. The second kappa shape index (κ2) is 11.2. The minimum absolute atomic E-state index is 0.183. The van der Waals surface area contributed by atoms with E-state index in [0.717, 1.165) is 11.1 Å². The Kier molecular flexibility index (Phi) is 8.00. The lowest BCUT2D eigenvalue weighted by Gasteiger charge is -2.37. The number of halogens is 2. The summed E-state index contributed by atoms with van der Waals surface area (Å²) in [6.07, 6.45) is 0.598. The number of fused-ring (bicyclic) bond motifs is 2. The quantitative estimate of drug-likeness (QED) is 0.288. The van der Waals surface area contributed by atoms with Gasteiger partial charge in [0.15, 0.2) is 0 Å². The highest BCUT2D eigenvalue weighted by Gasteiger charge is 2.65. The Balaban J connectivity index is 1.65. The van der Waals surface area contributed by atoms with Crippen LogP contribution in [-0.4, -0.2) is 44.1 Å². The number of methoxy groups -OCH3 is 2. The number of carbonyl (C=O) groups excluding carboxylic acids is 3. The fraction of sp³-hybridized carbons (Fsp3) is 0.344. The molecule has 0 bridgehead atoms. The molecule has 0 radical (unpaired) electrons. The summed E-state index contributed by atoms with van der Waals surface area (Å²) in [6.45, 7) is 6.31. The van der Waals surface area contributed by atoms with Gasteiger partial charge in [0, 0.05) is 27.7 Å². The molecule has 1 unspecified atom stereocenters. The number of rotatable bonds is 6. The van der Waals surface area contributed by atoms with E-state index < -0.39 is 29.4 Å². The minimum Gasteiger partial charge on any atom is -0.495 e. The molecular formula is C32H33Cl2N3O5. The molecule has 3 aromatic rings. The average Bonchev–Trinajstić information content (AvgIpc) is 3.41. The molecule has 220 valence electrons. The standard InChI is InChI=1S/C32H33Cl2N3O5/c1-31(2,3)16-25-32(21-11-10-20(34)15-23(21)36-30(32)40)26(17-7-6-8-19(33)13-17)27(37-25)28(38)35-22-12-9-18(29(39)42-5)14-24(22)41-4/h6-15,25-27,37H,16H2,1-5H3,(H,35,38)(H,36,40)/t25-,26-,27+,32?/m0/s1. The van der Waals surface area contributed by atoms with Crippen LogP contribution in [0.15, 0.2) is 60.7 Å². The molecule has 1 saturated heterocycles. The largest absolute Gasteiger partial charge is 0.495 e. The number of nitrogens with one attached hydrogen (secondary N) is 3. The molecule has 0 saturated carbocycles. The number of hydrogen-bond donors (Lipinski definition) is 3. The molecule has 0 aliphatic carbocycles. The van der Waals surface area contributed by atoms with Crippen LogP contribution in [0.5, 0.6) is 5.75 Å². The lowest BCUT2D eigenvalue weighted by Crippen LogP contribution is -2.49. The number of esters is 1. The Hall–Kier alpha value is -3.59. The summed E-state index contributed by atoms with van der Waals surface area (Å²) < 4.78 is 10.3. The van der Waals surface area contributed by atoms with Crippen LogP contribution < -0.4 is 20.7 Å². The normalized spacial score (nSPS) is 22.9. The van der Waals surface area contributed by atoms with E-state index in [-0.39, 0.29) is 22.8 Å². The molecule has 2 aliphatic rings. The van der Waals surface area contributed by atoms with E-state index in [2.05, 4.69) is 36.7 Å². The van der Waals surface area contributed by atoms with Crippen molar-refractivity contribution in [3.63, 3.8) is 0 Å². The van der Waals surface area contributed by atoms with Gasteiger partial charge in [-0.1, -0.05) is 62.2 Å². The Labute approximate surface area is 255 Å². The predicted molar refractivity (Wildman–Crippen MR) is 164 cm³/mol. The van der Waals surface area contributed by atoms with Gasteiger partial charge in [0.05, 0.1) is 31.5 Å². The lowest BCUT2D eigenvalue weighted by molar-refractivity contribution is -0.122. The third-order valence-electron chi connectivity index (χ3n) is 7.99. The molecule has 42 heavy (non-hydrogen) atoms. The van der Waals surface area contributed by atoms with Crippen LogP contribution >= 0.6 is 23.2 Å². The zero-order valence-corrected chi connectivity index (χ0v) is 25.5. The second-order valence-corrected chi connectivity index (χ2v) is 12.8. The van der Waals surface area contributed by atoms with Crippen molar-refractivity contribution in [2.45, 2.75) is 50.6 Å². The van der Waals surface area contributed by atoms with Crippen molar-refractivity contribution in [1.82, 2.24) is 5.32 Å². The number of ether oxygens (including phenoxy) is 2. The maximum Gasteiger partial charge on any atom is 0.337 e. The van der Waals surface area contributed by atoms with Gasteiger partial charge in [-0.05, 0) is 65.4 Å². The smallest absolute Gasteiger partial charge is 0.337 e. The Morgan fingerprint density at radius 3 is 2.40 bits per heavy atom. The van der Waals surface area contributed by atoms with E-state index in [1.54, 1.807) is 30.3 Å². The van der Waals surface area contributed by atoms with E-state index >= 15 is 0 Å². The molecule has 8 nitrogen and oxygen atoms in total. The van der Waals surface area contributed by atoms with Gasteiger partial charge in [-0.3, -0.25) is 9.59 Å². The second-order valence-electron chi connectivity index (χ2n) is 11.9. The molecule has 3 aromatic carbocycles. The Morgan fingerprint density at radius 1 is 1.00 bits per heavy atom. The van der Waals surface area contributed by atoms with Crippen LogP contribution in [-0.2, 0) is 19.7 Å². The number of anilines is 2. The zero-order valence-electron chi connectivity index (χ0n) is 24.0. The van der Waals surface area contributed by atoms with Crippen molar-refractivity contribution in [3.8, 4) is 5.75 Å². The molecule has 3 N–H and O–H groups in total. The highest BCUT2D eigenvalue weighted by atomic mass is 35.5. The summed E-state index contributed by atoms with van der Waals surface area (Å²) in [5.74, 6) is -1.44. The number of carbonyl (C=O) groups is 3. The summed E-state index contributed by atoms with van der Waals surface area (Å²) in [4.78, 5) is 40.6. The fourth-order valence-corrected chi connectivity index (χ4v) is 6.74. The van der Waals surface area contributed by atoms with Crippen LogP contribution in [0.4, 0.5) is 11.4 Å². The summed E-state index contributed by atoms with van der Waals surface area (Å²) in [5, 5.41) is 10.6. The molecule has 2 aliphatic heterocycles. The molecule has 2 heterocycles. The van der Waals surface area contributed by atoms with Gasteiger partial charge in [0.25, 0.3) is 0 Å². The topological polar surface area (TPSA) is 106 Å². The summed E-state index contributed by atoms with van der Waals surface area (Å²) >= 11 is 12.8. The van der Waals surface area contributed by atoms with Crippen molar-refractivity contribution >= 4 is 52.4 Å². The van der Waals surface area contributed by atoms with Crippen LogP contribution in [0.25, 0.3) is 0 Å². The first-order valence-electron chi connectivity index (χ1n) is 13.6. The molecule has 10 heteroatoms. The molecule has 1 spiro atoms. The van der Waals surface area contributed by atoms with Gasteiger partial charge in [-0.25, -0.2) is 4.79 Å². The fourth-order valence-electron chi connectivity index (χ4n) is 6.37. The first kappa shape index (κ1) is 29.9. The van der Waals surface area contributed by atoms with Gasteiger partial charge in [0.1, 0.15) is 11.2 Å². The Morgan fingerprint density at radius 2 is 1.74 bits per heavy atom. The van der Waals surface area contributed by atoms with Crippen molar-refractivity contribution in [1.29, 1.82) is 0 Å². The van der Waals surface area contributed by atoms with Crippen LogP contribution in [0.2, 0.25) is 10.0 Å². The highest BCUT2D eigenvalue weighted by molar-refractivity contribution is 6.31. The van der Waals surface area contributed by atoms with Gasteiger partial charge < -0.3 is 25.4 Å². The van der Waals surface area contributed by atoms with Gasteiger partial charge >= 0.3 is 5.97 Å². The third kappa shape index (κ3) is 5.23. The van der Waals surface area contributed by atoms with E-state index in [1.165, 1.54) is 20.3 Å². The number of hydrogen-bond acceptors (Lipinski definition) is 6. The first-order valence-corrected chi connectivity index (χ1v) is 14.3. The molecule has 0 aromatic heterocycles. The van der Waals surface area contributed by atoms with Crippen molar-refractivity contribution in [2.75, 3.05) is 24.9 Å². The van der Waals surface area contributed by atoms with E-state index in [1.807, 2.05) is 24.3 Å². The molecule has 2 amide bonds. The van der Waals surface area contributed by atoms with Crippen LogP contribution in [0.3, 0.4) is 0 Å². The first-order chi connectivity index (χ1) is 19.9. The van der Waals surface area contributed by atoms with Crippen molar-refractivity contribution < 1.29 is 23.9 Å². The summed E-state index contributed by atoms with van der Waals surface area (Å²) in [6, 6.07) is 16.1. The Bertz CT molecular complexity index is 1570. The maximum atomic E-state index is 14.3. The van der Waals surface area contributed by atoms with Crippen molar-refractivity contribution in [2.24, 2.45) is 5.41 Å². The maximum absolute atomic E-state index is 14.3. The number of benzene rings is 3. The summed E-state index contributed by atoms with van der Waals surface area (Å²) in [5.41, 5.74) is 1.48. The predicted octanol–water partition coefficient (Wildman–Crippen LogP) is 6.18. The van der Waals surface area contributed by atoms with E-state index in [0.29, 0.717) is 33.6 Å². The van der Waals surface area contributed by atoms with Gasteiger partial charge in [-0.15, -0.1) is 0 Å². The van der Waals surface area contributed by atoms with Crippen LogP contribution in [0.1, 0.15) is 54.6 Å². The SMILES string of the molecule is COC(=O)c1ccc(NC(=O)[C@@H]2N[C@@H](CC(C)(C)C)C3(C(=O)Nc4cc(Cl)ccc43)[C@H]2c2cccc(Cl)c2)c(OC)c1. The minimum atomic E-state index is -1.14. The molecule has 5 rings (SSSR count). The van der Waals surface area contributed by atoms with E-state index in [9.17, 15) is 14.4 Å².